The van der Waals surface area contributed by atoms with Crippen molar-refractivity contribution in [2.45, 2.75) is 12.1 Å². The van der Waals surface area contributed by atoms with Crippen LogP contribution in [0.2, 0.25) is 0 Å². The Balaban J connectivity index is 2.70. The maximum atomic E-state index is 10.3. The largest absolute Gasteiger partial charge is 0.394 e. The summed E-state index contributed by atoms with van der Waals surface area (Å²) in [6, 6.07) is -0.823. The smallest absolute Gasteiger partial charge is 0.382 e. The lowest BCUT2D eigenvalue weighted by atomic mass is 10.2. The Labute approximate surface area is 95.9 Å². The molecule has 9 heteroatoms. The van der Waals surface area contributed by atoms with Gasteiger partial charge in [-0.05, 0) is 9.91 Å². The third-order valence-corrected chi connectivity index (χ3v) is 2.01. The normalized spacial score (nSPS) is 14.1. The first-order valence-electron chi connectivity index (χ1n) is 4.71. The second-order valence-corrected chi connectivity index (χ2v) is 3.20. The van der Waals surface area contributed by atoms with Crippen LogP contribution in [0.3, 0.4) is 0 Å². The van der Waals surface area contributed by atoms with E-state index in [1.165, 1.54) is 0 Å². The summed E-state index contributed by atoms with van der Waals surface area (Å²) in [7, 11) is 0. The second-order valence-electron chi connectivity index (χ2n) is 3.20. The highest BCUT2D eigenvalue weighted by atomic mass is 16.6. The average Bonchev–Trinajstić information content (AvgIpc) is 2.35. The Morgan fingerprint density at radius 3 is 2.47 bits per heavy atom. The molecule has 0 saturated heterocycles. The van der Waals surface area contributed by atoms with E-state index in [9.17, 15) is 15.2 Å². The van der Waals surface area contributed by atoms with Crippen molar-refractivity contribution < 1.29 is 20.2 Å². The molecule has 94 valence electrons. The van der Waals surface area contributed by atoms with Crippen molar-refractivity contribution in [3.05, 3.63) is 22.5 Å². The van der Waals surface area contributed by atoms with Crippen molar-refractivity contribution in [2.75, 3.05) is 18.5 Å². The molecule has 0 amide bonds. The van der Waals surface area contributed by atoms with E-state index in [2.05, 4.69) is 15.3 Å². The Bertz CT molecular complexity index is 371. The van der Waals surface area contributed by atoms with Crippen LogP contribution < -0.4 is 5.32 Å². The monoisotopic (exact) mass is 244 g/mol. The van der Waals surface area contributed by atoms with Crippen molar-refractivity contribution >= 4 is 11.6 Å². The van der Waals surface area contributed by atoms with Gasteiger partial charge in [0.05, 0.1) is 25.4 Å². The number of nitro groups is 1. The molecule has 0 saturated carbocycles. The highest BCUT2D eigenvalue weighted by molar-refractivity contribution is 5.35. The van der Waals surface area contributed by atoms with E-state index in [1.807, 2.05) is 0 Å². The van der Waals surface area contributed by atoms with E-state index in [-0.39, 0.29) is 5.82 Å². The summed E-state index contributed by atoms with van der Waals surface area (Å²) in [5.74, 6) is -0.249. The molecule has 4 N–H and O–H groups in total. The molecule has 2 unspecified atom stereocenters. The summed E-state index contributed by atoms with van der Waals surface area (Å²) in [5.41, 5.74) is 0. The third kappa shape index (κ3) is 3.59. The highest BCUT2D eigenvalue weighted by Crippen LogP contribution is 2.09. The maximum Gasteiger partial charge on any atom is 0.382 e. The van der Waals surface area contributed by atoms with E-state index in [0.29, 0.717) is 0 Å². The number of nitrogens with zero attached hydrogens (tertiary/aromatic N) is 3. The van der Waals surface area contributed by atoms with E-state index in [1.54, 1.807) is 0 Å². The van der Waals surface area contributed by atoms with Crippen LogP contribution in [0.4, 0.5) is 11.6 Å². The molecule has 0 aromatic carbocycles. The lowest BCUT2D eigenvalue weighted by Crippen LogP contribution is -2.39. The Kier molecular flexibility index (Phi) is 4.69. The fourth-order valence-electron chi connectivity index (χ4n) is 1.07. The topological polar surface area (TPSA) is 142 Å². The molecule has 1 rings (SSSR count). The minimum Gasteiger partial charge on any atom is -0.394 e. The Morgan fingerprint density at radius 2 is 2.06 bits per heavy atom. The zero-order chi connectivity index (χ0) is 12.8. The highest BCUT2D eigenvalue weighted by Gasteiger charge is 2.18. The molecule has 0 fully saturated rings. The molecule has 2 atom stereocenters. The van der Waals surface area contributed by atoms with Gasteiger partial charge in [-0.15, -0.1) is 0 Å². The van der Waals surface area contributed by atoms with E-state index in [4.69, 9.17) is 10.2 Å². The van der Waals surface area contributed by atoms with Gasteiger partial charge >= 0.3 is 5.82 Å². The van der Waals surface area contributed by atoms with Gasteiger partial charge < -0.3 is 30.8 Å². The minimum atomic E-state index is -1.17. The number of aliphatic hydroxyl groups is 3. The maximum absolute atomic E-state index is 10.3. The molecule has 17 heavy (non-hydrogen) atoms. The SMILES string of the molecule is O=[N+]([O-])c1cnc(NC(CO)C(O)CO)cn1. The van der Waals surface area contributed by atoms with Gasteiger partial charge in [-0.25, -0.2) is 4.98 Å². The van der Waals surface area contributed by atoms with E-state index >= 15 is 0 Å². The zero-order valence-electron chi connectivity index (χ0n) is 8.72. The molecule has 0 spiro atoms. The summed E-state index contributed by atoms with van der Waals surface area (Å²) in [6.07, 6.45) is 0.879. The number of nitrogens with one attached hydrogen (secondary N) is 1. The number of aromatic nitrogens is 2. The number of hydrogen-bond donors (Lipinski definition) is 4. The number of aliphatic hydroxyl groups excluding tert-OH is 3. The van der Waals surface area contributed by atoms with Crippen LogP contribution in [0.1, 0.15) is 0 Å². The standard InChI is InChI=1S/C8H12N4O5/c13-3-5(6(15)4-14)11-7-1-10-8(2-9-7)12(16)17/h1-2,5-6,13-15H,3-4H2,(H,9,11). The van der Waals surface area contributed by atoms with Crippen LogP contribution >= 0.6 is 0 Å². The van der Waals surface area contributed by atoms with Gasteiger partial charge in [-0.1, -0.05) is 0 Å². The van der Waals surface area contributed by atoms with Gasteiger partial charge in [0.25, 0.3) is 0 Å². The number of anilines is 1. The Hall–Kier alpha value is -1.84. The van der Waals surface area contributed by atoms with Gasteiger partial charge in [0.1, 0.15) is 6.20 Å². The third-order valence-electron chi connectivity index (χ3n) is 2.01. The quantitative estimate of drug-likeness (QED) is 0.350. The van der Waals surface area contributed by atoms with Gasteiger partial charge in [-0.3, -0.25) is 0 Å². The average molecular weight is 244 g/mol. The number of hydrogen-bond acceptors (Lipinski definition) is 8. The predicted molar refractivity (Wildman–Crippen MR) is 56.3 cm³/mol. The molecular formula is C8H12N4O5. The summed E-state index contributed by atoms with van der Waals surface area (Å²) >= 11 is 0. The lowest BCUT2D eigenvalue weighted by molar-refractivity contribution is -0.389. The molecule has 1 heterocycles. The molecule has 9 nitrogen and oxygen atoms in total. The second kappa shape index (κ2) is 6.03. The summed E-state index contributed by atoms with van der Waals surface area (Å²) < 4.78 is 0. The summed E-state index contributed by atoms with van der Waals surface area (Å²) in [4.78, 5) is 16.8. The lowest BCUT2D eigenvalue weighted by Gasteiger charge is -2.20. The van der Waals surface area contributed by atoms with Gasteiger partial charge in [-0.2, -0.15) is 0 Å². The first-order chi connectivity index (χ1) is 8.08. The van der Waals surface area contributed by atoms with Gasteiger partial charge in [0.2, 0.25) is 0 Å². The van der Waals surface area contributed by atoms with E-state index < -0.39 is 36.1 Å². The molecule has 1 aromatic heterocycles. The van der Waals surface area contributed by atoms with E-state index in [0.717, 1.165) is 12.4 Å². The molecule has 0 radical (unpaired) electrons. The predicted octanol–water partition coefficient (Wildman–Crippen LogP) is -1.49. The fourth-order valence-corrected chi connectivity index (χ4v) is 1.07. The zero-order valence-corrected chi connectivity index (χ0v) is 8.72. The van der Waals surface area contributed by atoms with Crippen LogP contribution in [-0.4, -0.2) is 55.6 Å². The molecule has 0 aliphatic heterocycles. The first-order valence-corrected chi connectivity index (χ1v) is 4.71. The molecule has 0 aliphatic carbocycles. The minimum absolute atomic E-state index is 0.155. The fraction of sp³-hybridized carbons (Fsp3) is 0.500. The molecule has 0 aliphatic rings. The summed E-state index contributed by atoms with van der Waals surface area (Å²) in [5, 5.41) is 39.8. The van der Waals surface area contributed by atoms with Crippen LogP contribution in [0.15, 0.2) is 12.4 Å². The van der Waals surface area contributed by atoms with Crippen molar-refractivity contribution in [1.29, 1.82) is 0 Å². The van der Waals surface area contributed by atoms with Gasteiger partial charge in [0, 0.05) is 0 Å². The number of rotatable bonds is 6. The van der Waals surface area contributed by atoms with Crippen molar-refractivity contribution in [2.24, 2.45) is 0 Å². The molecular weight excluding hydrogens is 232 g/mol. The summed E-state index contributed by atoms with van der Waals surface area (Å²) in [6.45, 7) is -0.959. The van der Waals surface area contributed by atoms with Crippen LogP contribution in [0.25, 0.3) is 0 Å². The van der Waals surface area contributed by atoms with Crippen molar-refractivity contribution in [1.82, 2.24) is 9.97 Å². The van der Waals surface area contributed by atoms with Crippen LogP contribution in [0.5, 0.6) is 0 Å². The van der Waals surface area contributed by atoms with Crippen LogP contribution in [0, 0.1) is 10.1 Å². The van der Waals surface area contributed by atoms with Crippen LogP contribution in [-0.2, 0) is 0 Å². The first kappa shape index (κ1) is 13.2. The Morgan fingerprint density at radius 1 is 1.35 bits per heavy atom. The van der Waals surface area contributed by atoms with Crippen molar-refractivity contribution in [3.63, 3.8) is 0 Å². The molecule has 0 bridgehead atoms. The molecule has 1 aromatic rings. The van der Waals surface area contributed by atoms with Gasteiger partial charge in [0.15, 0.2) is 12.0 Å². The van der Waals surface area contributed by atoms with Crippen molar-refractivity contribution in [3.8, 4) is 0 Å².